The fraction of sp³-hybridized carbons (Fsp3) is 0.200. The first-order valence-corrected chi connectivity index (χ1v) is 8.03. The number of nitrogens with two attached hydrogens (primary N) is 1. The molecule has 0 aromatic heterocycles. The van der Waals surface area contributed by atoms with Crippen LogP contribution >= 0.6 is 0 Å². The minimum atomic E-state index is -3.54. The molecule has 20 heavy (non-hydrogen) atoms. The van der Waals surface area contributed by atoms with Gasteiger partial charge in [-0.3, -0.25) is 4.72 Å². The van der Waals surface area contributed by atoms with Crippen molar-refractivity contribution in [3.8, 4) is 0 Å². The average molecular weight is 288 g/mol. The Hall–Kier alpha value is -2.01. The Morgan fingerprint density at radius 1 is 0.950 bits per heavy atom. The first kappa shape index (κ1) is 13.0. The molecule has 0 heterocycles. The third kappa shape index (κ3) is 2.49. The molecule has 0 aliphatic heterocycles. The van der Waals surface area contributed by atoms with E-state index in [0.717, 1.165) is 24.8 Å². The smallest absolute Gasteiger partial charge is 0.261 e. The van der Waals surface area contributed by atoms with E-state index in [9.17, 15) is 8.42 Å². The van der Waals surface area contributed by atoms with Crippen LogP contribution in [0.4, 0.5) is 11.4 Å². The Balaban J connectivity index is 1.90. The van der Waals surface area contributed by atoms with Gasteiger partial charge < -0.3 is 5.73 Å². The first-order valence-electron chi connectivity index (χ1n) is 6.55. The van der Waals surface area contributed by atoms with E-state index in [-0.39, 0.29) is 0 Å². The summed E-state index contributed by atoms with van der Waals surface area (Å²) in [4.78, 5) is 0.315. The highest BCUT2D eigenvalue weighted by Gasteiger charge is 2.18. The molecule has 0 radical (unpaired) electrons. The van der Waals surface area contributed by atoms with Crippen molar-refractivity contribution in [3.05, 3.63) is 53.6 Å². The van der Waals surface area contributed by atoms with Crippen molar-refractivity contribution in [2.75, 3.05) is 10.5 Å². The Kier molecular flexibility index (Phi) is 3.14. The van der Waals surface area contributed by atoms with Gasteiger partial charge in [0, 0.05) is 11.4 Å². The standard InChI is InChI=1S/C15H16N2O2S/c16-13-5-7-14(8-6-13)17-20(18,19)15-9-4-11-2-1-3-12(11)10-15/h4-10,17H,1-3,16H2. The van der Waals surface area contributed by atoms with Crippen molar-refractivity contribution < 1.29 is 8.42 Å². The number of nitrogens with one attached hydrogen (secondary N) is 1. The molecule has 0 amide bonds. The molecule has 2 aromatic carbocycles. The van der Waals surface area contributed by atoms with Crippen molar-refractivity contribution in [1.82, 2.24) is 0 Å². The summed E-state index contributed by atoms with van der Waals surface area (Å²) in [5.41, 5.74) is 9.11. The highest BCUT2D eigenvalue weighted by Crippen LogP contribution is 2.25. The zero-order valence-corrected chi connectivity index (χ0v) is 11.8. The number of rotatable bonds is 3. The molecule has 104 valence electrons. The highest BCUT2D eigenvalue weighted by atomic mass is 32.2. The van der Waals surface area contributed by atoms with E-state index in [1.807, 2.05) is 6.07 Å². The lowest BCUT2D eigenvalue weighted by Gasteiger charge is -2.09. The molecule has 3 rings (SSSR count). The lowest BCUT2D eigenvalue weighted by Crippen LogP contribution is -2.13. The van der Waals surface area contributed by atoms with Crippen molar-refractivity contribution in [1.29, 1.82) is 0 Å². The van der Waals surface area contributed by atoms with Crippen LogP contribution in [0, 0.1) is 0 Å². The maximum Gasteiger partial charge on any atom is 0.261 e. The highest BCUT2D eigenvalue weighted by molar-refractivity contribution is 7.92. The second kappa shape index (κ2) is 4.83. The van der Waals surface area contributed by atoms with Crippen molar-refractivity contribution in [2.45, 2.75) is 24.2 Å². The van der Waals surface area contributed by atoms with Crippen LogP contribution in [0.15, 0.2) is 47.4 Å². The number of nitrogen functional groups attached to an aromatic ring is 1. The number of hydrogen-bond acceptors (Lipinski definition) is 3. The predicted molar refractivity (Wildman–Crippen MR) is 80.1 cm³/mol. The van der Waals surface area contributed by atoms with E-state index >= 15 is 0 Å². The fourth-order valence-corrected chi connectivity index (χ4v) is 3.59. The summed E-state index contributed by atoms with van der Waals surface area (Å²) in [7, 11) is -3.54. The Bertz CT molecular complexity index is 737. The molecule has 0 saturated carbocycles. The molecule has 3 N–H and O–H groups in total. The summed E-state index contributed by atoms with van der Waals surface area (Å²) in [6.07, 6.45) is 3.10. The zero-order chi connectivity index (χ0) is 14.2. The van der Waals surface area contributed by atoms with Gasteiger partial charge in [-0.25, -0.2) is 8.42 Å². The third-order valence-corrected chi connectivity index (χ3v) is 4.92. The Morgan fingerprint density at radius 2 is 1.65 bits per heavy atom. The van der Waals surface area contributed by atoms with Crippen molar-refractivity contribution in [3.63, 3.8) is 0 Å². The average Bonchev–Trinajstić information content (AvgIpc) is 2.88. The number of fused-ring (bicyclic) bond motifs is 1. The van der Waals surface area contributed by atoms with Crippen LogP contribution in [0.2, 0.25) is 0 Å². The molecular formula is C15H16N2O2S. The lowest BCUT2D eigenvalue weighted by molar-refractivity contribution is 0.601. The number of sulfonamides is 1. The number of benzene rings is 2. The van der Waals surface area contributed by atoms with E-state index in [1.54, 1.807) is 36.4 Å². The van der Waals surface area contributed by atoms with Gasteiger partial charge in [0.15, 0.2) is 0 Å². The zero-order valence-electron chi connectivity index (χ0n) is 11.0. The lowest BCUT2D eigenvalue weighted by atomic mass is 10.1. The second-order valence-electron chi connectivity index (χ2n) is 5.01. The van der Waals surface area contributed by atoms with Gasteiger partial charge in [0.05, 0.1) is 4.90 Å². The molecule has 2 aromatic rings. The molecule has 0 unspecified atom stereocenters. The third-order valence-electron chi connectivity index (χ3n) is 3.54. The van der Waals surface area contributed by atoms with Crippen molar-refractivity contribution >= 4 is 21.4 Å². The normalized spacial score (nSPS) is 14.0. The van der Waals surface area contributed by atoms with Gasteiger partial charge in [-0.2, -0.15) is 0 Å². The van der Waals surface area contributed by atoms with Crippen LogP contribution in [0.5, 0.6) is 0 Å². The van der Waals surface area contributed by atoms with Crippen LogP contribution in [-0.4, -0.2) is 8.42 Å². The quantitative estimate of drug-likeness (QED) is 0.853. The molecule has 1 aliphatic carbocycles. The molecular weight excluding hydrogens is 272 g/mol. The molecule has 4 nitrogen and oxygen atoms in total. The molecule has 5 heteroatoms. The van der Waals surface area contributed by atoms with Gasteiger partial charge in [-0.1, -0.05) is 6.07 Å². The maximum absolute atomic E-state index is 12.3. The molecule has 0 saturated heterocycles. The number of aryl methyl sites for hydroxylation is 2. The minimum Gasteiger partial charge on any atom is -0.399 e. The first-order chi connectivity index (χ1) is 9.54. The van der Waals surface area contributed by atoms with Crippen LogP contribution in [0.1, 0.15) is 17.5 Å². The molecule has 1 aliphatic rings. The number of anilines is 2. The SMILES string of the molecule is Nc1ccc(NS(=O)(=O)c2ccc3c(c2)CCC3)cc1. The monoisotopic (exact) mass is 288 g/mol. The predicted octanol–water partition coefficient (Wildman–Crippen LogP) is 2.56. The van der Waals surface area contributed by atoms with Gasteiger partial charge in [-0.15, -0.1) is 0 Å². The molecule has 0 fully saturated rings. The van der Waals surface area contributed by atoms with Crippen LogP contribution in [-0.2, 0) is 22.9 Å². The second-order valence-corrected chi connectivity index (χ2v) is 6.69. The molecule has 0 spiro atoms. The molecule has 0 atom stereocenters. The van der Waals surface area contributed by atoms with E-state index in [1.165, 1.54) is 5.56 Å². The number of hydrogen-bond donors (Lipinski definition) is 2. The fourth-order valence-electron chi connectivity index (χ4n) is 2.48. The van der Waals surface area contributed by atoms with Gasteiger partial charge in [-0.05, 0) is 66.8 Å². The van der Waals surface area contributed by atoms with Gasteiger partial charge in [0.1, 0.15) is 0 Å². The van der Waals surface area contributed by atoms with Crippen LogP contribution in [0.25, 0.3) is 0 Å². The summed E-state index contributed by atoms with van der Waals surface area (Å²) >= 11 is 0. The van der Waals surface area contributed by atoms with Gasteiger partial charge in [0.25, 0.3) is 10.0 Å². The largest absolute Gasteiger partial charge is 0.399 e. The van der Waals surface area contributed by atoms with E-state index < -0.39 is 10.0 Å². The summed E-state index contributed by atoms with van der Waals surface area (Å²) in [5.74, 6) is 0. The van der Waals surface area contributed by atoms with E-state index in [4.69, 9.17) is 5.73 Å². The topological polar surface area (TPSA) is 72.2 Å². The van der Waals surface area contributed by atoms with Gasteiger partial charge in [0.2, 0.25) is 0 Å². The maximum atomic E-state index is 12.3. The van der Waals surface area contributed by atoms with Crippen LogP contribution < -0.4 is 10.5 Å². The van der Waals surface area contributed by atoms with E-state index in [2.05, 4.69) is 4.72 Å². The Morgan fingerprint density at radius 3 is 2.40 bits per heavy atom. The summed E-state index contributed by atoms with van der Waals surface area (Å²) in [5, 5.41) is 0. The minimum absolute atomic E-state index is 0.315. The van der Waals surface area contributed by atoms with Crippen LogP contribution in [0.3, 0.4) is 0 Å². The summed E-state index contributed by atoms with van der Waals surface area (Å²) in [6, 6.07) is 12.0. The van der Waals surface area contributed by atoms with E-state index in [0.29, 0.717) is 16.3 Å². The van der Waals surface area contributed by atoms with Crippen molar-refractivity contribution in [2.24, 2.45) is 0 Å². The summed E-state index contributed by atoms with van der Waals surface area (Å²) in [6.45, 7) is 0. The summed E-state index contributed by atoms with van der Waals surface area (Å²) < 4.78 is 27.3. The molecule has 0 bridgehead atoms. The van der Waals surface area contributed by atoms with Gasteiger partial charge >= 0.3 is 0 Å². The Labute approximate surface area is 118 Å².